The topological polar surface area (TPSA) is 88.2 Å². The molecule has 4 nitrogen and oxygen atoms in total. The number of amidine groups is 1. The standard InChI is InChI=1S/C5H12N4S/c1-2-3-10-5(8)9-4(6)7/h2-3H2,1H3,(H5,6,7,8,9). The van der Waals surface area contributed by atoms with Gasteiger partial charge in [0, 0.05) is 5.75 Å². The molecule has 0 atom stereocenters. The van der Waals surface area contributed by atoms with Crippen LogP contribution in [0.5, 0.6) is 0 Å². The maximum atomic E-state index is 7.14. The van der Waals surface area contributed by atoms with Gasteiger partial charge in [-0.15, -0.1) is 0 Å². The predicted octanol–water partition coefficient (Wildman–Crippen LogP) is 0.338. The average Bonchev–Trinajstić information content (AvgIpc) is 1.82. The van der Waals surface area contributed by atoms with Crippen molar-refractivity contribution in [2.45, 2.75) is 13.3 Å². The summed E-state index contributed by atoms with van der Waals surface area (Å²) in [6.45, 7) is 2.04. The van der Waals surface area contributed by atoms with Crippen molar-refractivity contribution >= 4 is 22.9 Å². The number of hydrogen-bond acceptors (Lipinski definition) is 2. The van der Waals surface area contributed by atoms with Crippen LogP contribution < -0.4 is 11.5 Å². The van der Waals surface area contributed by atoms with Crippen molar-refractivity contribution in [2.75, 3.05) is 5.75 Å². The molecule has 0 aliphatic carbocycles. The molecular formula is C5H12N4S. The van der Waals surface area contributed by atoms with Gasteiger partial charge in [-0.25, -0.2) is 0 Å². The molecule has 0 aromatic rings. The third-order valence-corrected chi connectivity index (χ3v) is 1.65. The first-order chi connectivity index (χ1) is 4.66. The Morgan fingerprint density at radius 2 is 2.20 bits per heavy atom. The minimum Gasteiger partial charge on any atom is -0.370 e. The predicted molar refractivity (Wildman–Crippen MR) is 46.3 cm³/mol. The fourth-order valence-electron chi connectivity index (χ4n) is 0.348. The van der Waals surface area contributed by atoms with E-state index < -0.39 is 0 Å². The Balaban J connectivity index is 3.54. The van der Waals surface area contributed by atoms with Crippen LogP contribution in [0.4, 0.5) is 0 Å². The van der Waals surface area contributed by atoms with Crippen LogP contribution in [0.3, 0.4) is 0 Å². The van der Waals surface area contributed by atoms with Gasteiger partial charge in [0.05, 0.1) is 0 Å². The van der Waals surface area contributed by atoms with E-state index >= 15 is 0 Å². The molecule has 0 rings (SSSR count). The Morgan fingerprint density at radius 3 is 2.60 bits per heavy atom. The fraction of sp³-hybridized carbons (Fsp3) is 0.600. The lowest BCUT2D eigenvalue weighted by Crippen LogP contribution is -2.23. The van der Waals surface area contributed by atoms with Gasteiger partial charge >= 0.3 is 0 Å². The van der Waals surface area contributed by atoms with E-state index in [2.05, 4.69) is 4.99 Å². The van der Waals surface area contributed by atoms with Gasteiger partial charge < -0.3 is 11.5 Å². The summed E-state index contributed by atoms with van der Waals surface area (Å²) >= 11 is 1.34. The quantitative estimate of drug-likeness (QED) is 0.402. The van der Waals surface area contributed by atoms with E-state index in [1.54, 1.807) is 0 Å². The highest BCUT2D eigenvalue weighted by molar-refractivity contribution is 8.13. The molecule has 0 aromatic carbocycles. The summed E-state index contributed by atoms with van der Waals surface area (Å²) in [5.41, 5.74) is 10.1. The molecule has 10 heavy (non-hydrogen) atoms. The highest BCUT2D eigenvalue weighted by Crippen LogP contribution is 2.03. The van der Waals surface area contributed by atoms with Gasteiger partial charge in [-0.1, -0.05) is 18.7 Å². The SMILES string of the molecule is CCCSC(=N)N=C(N)N. The van der Waals surface area contributed by atoms with Crippen LogP contribution in [0.2, 0.25) is 0 Å². The zero-order chi connectivity index (χ0) is 7.98. The van der Waals surface area contributed by atoms with Crippen LogP contribution in [0.25, 0.3) is 0 Å². The second-order valence-corrected chi connectivity index (χ2v) is 2.77. The van der Waals surface area contributed by atoms with Crippen LogP contribution in [-0.4, -0.2) is 16.9 Å². The van der Waals surface area contributed by atoms with Crippen LogP contribution in [0.1, 0.15) is 13.3 Å². The molecule has 0 bridgehead atoms. The largest absolute Gasteiger partial charge is 0.370 e. The number of hydrogen-bond donors (Lipinski definition) is 3. The lowest BCUT2D eigenvalue weighted by atomic mass is 10.6. The number of guanidine groups is 1. The molecule has 0 radical (unpaired) electrons. The van der Waals surface area contributed by atoms with Gasteiger partial charge in [-0.05, 0) is 6.42 Å². The smallest absolute Gasteiger partial charge is 0.193 e. The minimum absolute atomic E-state index is 0.0476. The van der Waals surface area contributed by atoms with Crippen LogP contribution in [0, 0.1) is 5.41 Å². The second-order valence-electron chi connectivity index (χ2n) is 1.69. The summed E-state index contributed by atoms with van der Waals surface area (Å²) < 4.78 is 0. The Hall–Kier alpha value is -0.710. The van der Waals surface area contributed by atoms with E-state index in [1.165, 1.54) is 11.8 Å². The molecule has 0 saturated carbocycles. The summed E-state index contributed by atoms with van der Waals surface area (Å²) in [4.78, 5) is 3.53. The molecule has 0 fully saturated rings. The summed E-state index contributed by atoms with van der Waals surface area (Å²) in [6, 6.07) is 0. The van der Waals surface area contributed by atoms with Crippen molar-refractivity contribution in [3.63, 3.8) is 0 Å². The summed E-state index contributed by atoms with van der Waals surface area (Å²) in [7, 11) is 0. The fourth-order valence-corrected chi connectivity index (χ4v) is 0.916. The number of nitrogens with zero attached hydrogens (tertiary/aromatic N) is 1. The zero-order valence-corrected chi connectivity index (χ0v) is 6.74. The van der Waals surface area contributed by atoms with Crippen molar-refractivity contribution in [3.05, 3.63) is 0 Å². The molecule has 5 heteroatoms. The lowest BCUT2D eigenvalue weighted by Gasteiger charge is -1.94. The second kappa shape index (κ2) is 5.10. The van der Waals surface area contributed by atoms with Gasteiger partial charge in [-0.2, -0.15) is 4.99 Å². The van der Waals surface area contributed by atoms with E-state index in [-0.39, 0.29) is 11.1 Å². The third kappa shape index (κ3) is 5.43. The van der Waals surface area contributed by atoms with E-state index in [0.29, 0.717) is 0 Å². The summed E-state index contributed by atoms with van der Waals surface area (Å²) in [5, 5.41) is 7.32. The van der Waals surface area contributed by atoms with Crippen LogP contribution in [-0.2, 0) is 0 Å². The van der Waals surface area contributed by atoms with E-state index in [9.17, 15) is 0 Å². The number of nitrogens with two attached hydrogens (primary N) is 2. The van der Waals surface area contributed by atoms with Crippen molar-refractivity contribution in [3.8, 4) is 0 Å². The highest BCUT2D eigenvalue weighted by atomic mass is 32.2. The Morgan fingerprint density at radius 1 is 1.60 bits per heavy atom. The molecule has 5 N–H and O–H groups in total. The maximum Gasteiger partial charge on any atom is 0.193 e. The zero-order valence-electron chi connectivity index (χ0n) is 5.92. The Kier molecular flexibility index (Phi) is 4.74. The minimum atomic E-state index is -0.0476. The lowest BCUT2D eigenvalue weighted by molar-refractivity contribution is 1.11. The van der Waals surface area contributed by atoms with Crippen LogP contribution >= 0.6 is 11.8 Å². The van der Waals surface area contributed by atoms with Crippen LogP contribution in [0.15, 0.2) is 4.99 Å². The molecule has 0 aliphatic rings. The first-order valence-electron chi connectivity index (χ1n) is 2.97. The van der Waals surface area contributed by atoms with E-state index in [4.69, 9.17) is 16.9 Å². The average molecular weight is 160 g/mol. The maximum absolute atomic E-state index is 7.14. The van der Waals surface area contributed by atoms with Gasteiger partial charge in [0.25, 0.3) is 0 Å². The normalized spacial score (nSPS) is 8.90. The van der Waals surface area contributed by atoms with Gasteiger partial charge in [-0.3, -0.25) is 5.41 Å². The molecular weight excluding hydrogens is 148 g/mol. The summed E-state index contributed by atoms with van der Waals surface area (Å²) in [6.07, 6.45) is 1.02. The van der Waals surface area contributed by atoms with E-state index in [1.807, 2.05) is 6.92 Å². The van der Waals surface area contributed by atoms with Crippen molar-refractivity contribution in [1.82, 2.24) is 0 Å². The first-order valence-corrected chi connectivity index (χ1v) is 3.96. The highest BCUT2D eigenvalue weighted by Gasteiger charge is 1.92. The number of nitrogens with one attached hydrogen (secondary N) is 1. The van der Waals surface area contributed by atoms with Gasteiger partial charge in [0.15, 0.2) is 11.1 Å². The molecule has 0 heterocycles. The number of thioether (sulfide) groups is 1. The molecule has 0 spiro atoms. The van der Waals surface area contributed by atoms with Crippen molar-refractivity contribution < 1.29 is 0 Å². The van der Waals surface area contributed by atoms with Crippen molar-refractivity contribution in [2.24, 2.45) is 16.5 Å². The Labute approximate surface area is 64.6 Å². The van der Waals surface area contributed by atoms with Gasteiger partial charge in [0.2, 0.25) is 0 Å². The monoisotopic (exact) mass is 160 g/mol. The first kappa shape index (κ1) is 9.29. The molecule has 0 saturated heterocycles. The molecule has 0 aromatic heterocycles. The molecule has 0 aliphatic heterocycles. The Bertz CT molecular complexity index is 139. The number of rotatable bonds is 2. The third-order valence-electron chi connectivity index (χ3n) is 0.674. The summed E-state index contributed by atoms with van der Waals surface area (Å²) in [5.74, 6) is 0.837. The molecule has 58 valence electrons. The molecule has 0 unspecified atom stereocenters. The molecule has 0 amide bonds. The number of aliphatic imine (C=N–C) groups is 1. The van der Waals surface area contributed by atoms with E-state index in [0.717, 1.165) is 12.2 Å². The van der Waals surface area contributed by atoms with Gasteiger partial charge in [0.1, 0.15) is 0 Å². The van der Waals surface area contributed by atoms with Crippen molar-refractivity contribution in [1.29, 1.82) is 5.41 Å².